The number of nitrogens with zero attached hydrogens (tertiary/aromatic N) is 2. The molecular formula is C12H11F2N3OS2. The molecular weight excluding hydrogens is 304 g/mol. The molecule has 106 valence electrons. The summed E-state index contributed by atoms with van der Waals surface area (Å²) in [4.78, 5) is 11.9. The van der Waals surface area contributed by atoms with E-state index in [1.807, 2.05) is 6.92 Å². The molecule has 1 atom stereocenters. The van der Waals surface area contributed by atoms with Crippen LogP contribution in [0.1, 0.15) is 11.9 Å². The first kappa shape index (κ1) is 14.9. The number of hydrogen-bond donors (Lipinski definition) is 1. The maximum atomic E-state index is 13.0. The summed E-state index contributed by atoms with van der Waals surface area (Å²) in [5.41, 5.74) is 0.217. The molecule has 1 unspecified atom stereocenters. The van der Waals surface area contributed by atoms with Gasteiger partial charge in [-0.3, -0.25) is 4.79 Å². The molecule has 0 saturated heterocycles. The molecule has 0 saturated carbocycles. The first-order valence-electron chi connectivity index (χ1n) is 5.68. The van der Waals surface area contributed by atoms with Gasteiger partial charge in [-0.1, -0.05) is 23.1 Å². The molecule has 20 heavy (non-hydrogen) atoms. The lowest BCUT2D eigenvalue weighted by molar-refractivity contribution is -0.115. The van der Waals surface area contributed by atoms with Gasteiger partial charge in [0.05, 0.1) is 5.25 Å². The highest BCUT2D eigenvalue weighted by Gasteiger charge is 2.17. The SMILES string of the molecule is Cc1nnc(SC(C)C(=O)Nc2ccc(F)c(F)c2)s1. The second kappa shape index (κ2) is 6.27. The largest absolute Gasteiger partial charge is 0.325 e. The van der Waals surface area contributed by atoms with Gasteiger partial charge in [0, 0.05) is 11.8 Å². The van der Waals surface area contributed by atoms with Crippen molar-refractivity contribution in [2.45, 2.75) is 23.4 Å². The van der Waals surface area contributed by atoms with Crippen molar-refractivity contribution in [1.82, 2.24) is 10.2 Å². The van der Waals surface area contributed by atoms with Gasteiger partial charge in [0.2, 0.25) is 5.91 Å². The van der Waals surface area contributed by atoms with Crippen LogP contribution in [0.25, 0.3) is 0 Å². The molecule has 1 N–H and O–H groups in total. The number of aryl methyl sites for hydroxylation is 1. The summed E-state index contributed by atoms with van der Waals surface area (Å²) in [5.74, 6) is -2.26. The van der Waals surface area contributed by atoms with E-state index in [1.54, 1.807) is 6.92 Å². The first-order valence-corrected chi connectivity index (χ1v) is 7.38. The summed E-state index contributed by atoms with van der Waals surface area (Å²) >= 11 is 2.66. The highest BCUT2D eigenvalue weighted by atomic mass is 32.2. The van der Waals surface area contributed by atoms with E-state index in [1.165, 1.54) is 29.2 Å². The van der Waals surface area contributed by atoms with E-state index in [2.05, 4.69) is 15.5 Å². The van der Waals surface area contributed by atoms with Gasteiger partial charge in [-0.05, 0) is 26.0 Å². The number of aromatic nitrogens is 2. The average Bonchev–Trinajstić information content (AvgIpc) is 2.79. The van der Waals surface area contributed by atoms with E-state index in [4.69, 9.17) is 0 Å². The van der Waals surface area contributed by atoms with Crippen LogP contribution in [0.2, 0.25) is 0 Å². The molecule has 4 nitrogen and oxygen atoms in total. The predicted molar refractivity (Wildman–Crippen MR) is 75.0 cm³/mol. The molecule has 8 heteroatoms. The Morgan fingerprint density at radius 2 is 2.10 bits per heavy atom. The molecule has 0 spiro atoms. The van der Waals surface area contributed by atoms with Gasteiger partial charge in [0.25, 0.3) is 0 Å². The first-order chi connectivity index (χ1) is 9.45. The van der Waals surface area contributed by atoms with Crippen LogP contribution in [0, 0.1) is 18.6 Å². The van der Waals surface area contributed by atoms with Gasteiger partial charge in [0.1, 0.15) is 5.01 Å². The number of nitrogens with one attached hydrogen (secondary N) is 1. The zero-order valence-corrected chi connectivity index (χ0v) is 12.3. The number of carbonyl (C=O) groups is 1. The van der Waals surface area contributed by atoms with E-state index < -0.39 is 16.9 Å². The van der Waals surface area contributed by atoms with Crippen LogP contribution in [0.15, 0.2) is 22.5 Å². The molecule has 1 aromatic heterocycles. The summed E-state index contributed by atoms with van der Waals surface area (Å²) in [7, 11) is 0. The van der Waals surface area contributed by atoms with Crippen LogP contribution >= 0.6 is 23.1 Å². The summed E-state index contributed by atoms with van der Waals surface area (Å²) in [6.07, 6.45) is 0. The van der Waals surface area contributed by atoms with Gasteiger partial charge in [-0.25, -0.2) is 8.78 Å². The van der Waals surface area contributed by atoms with Crippen molar-refractivity contribution in [1.29, 1.82) is 0 Å². The topological polar surface area (TPSA) is 54.9 Å². The lowest BCUT2D eigenvalue weighted by atomic mass is 10.3. The Morgan fingerprint density at radius 1 is 1.35 bits per heavy atom. The number of halogens is 2. The van der Waals surface area contributed by atoms with Crippen molar-refractivity contribution in [2.24, 2.45) is 0 Å². The number of thioether (sulfide) groups is 1. The Kier molecular flexibility index (Phi) is 4.66. The maximum absolute atomic E-state index is 13.0. The lowest BCUT2D eigenvalue weighted by Crippen LogP contribution is -2.22. The maximum Gasteiger partial charge on any atom is 0.237 e. The Balaban J connectivity index is 1.98. The summed E-state index contributed by atoms with van der Waals surface area (Å²) in [6, 6.07) is 3.22. The predicted octanol–water partition coefficient (Wildman–Crippen LogP) is 3.24. The number of carbonyl (C=O) groups excluding carboxylic acids is 1. The molecule has 0 aliphatic heterocycles. The van der Waals surface area contributed by atoms with Crippen molar-refractivity contribution >= 4 is 34.7 Å². The smallest absolute Gasteiger partial charge is 0.237 e. The van der Waals surface area contributed by atoms with Gasteiger partial charge in [-0.2, -0.15) is 0 Å². The van der Waals surface area contributed by atoms with E-state index in [0.717, 1.165) is 17.1 Å². The lowest BCUT2D eigenvalue weighted by Gasteiger charge is -2.10. The molecule has 0 fully saturated rings. The second-order valence-electron chi connectivity index (χ2n) is 3.97. The summed E-state index contributed by atoms with van der Waals surface area (Å²) in [6.45, 7) is 3.53. The molecule has 1 amide bonds. The van der Waals surface area contributed by atoms with Gasteiger partial charge in [0.15, 0.2) is 16.0 Å². The number of benzene rings is 1. The standard InChI is InChI=1S/C12H11F2N3OS2/c1-6(19-12-17-16-7(2)20-12)11(18)15-8-3-4-9(13)10(14)5-8/h3-6H,1-2H3,(H,15,18). The third-order valence-electron chi connectivity index (χ3n) is 2.34. The summed E-state index contributed by atoms with van der Waals surface area (Å²) in [5, 5.41) is 10.7. The van der Waals surface area contributed by atoms with Crippen molar-refractivity contribution in [3.63, 3.8) is 0 Å². The molecule has 2 rings (SSSR count). The molecule has 0 radical (unpaired) electrons. The minimum Gasteiger partial charge on any atom is -0.325 e. The third kappa shape index (κ3) is 3.73. The zero-order chi connectivity index (χ0) is 14.7. The van der Waals surface area contributed by atoms with Crippen molar-refractivity contribution in [2.75, 3.05) is 5.32 Å². The molecule has 0 bridgehead atoms. The number of anilines is 1. The highest BCUT2D eigenvalue weighted by Crippen LogP contribution is 2.27. The van der Waals surface area contributed by atoms with Crippen LogP contribution in [-0.4, -0.2) is 21.4 Å². The quantitative estimate of drug-likeness (QED) is 0.880. The van der Waals surface area contributed by atoms with Crippen molar-refractivity contribution < 1.29 is 13.6 Å². The fourth-order valence-corrected chi connectivity index (χ4v) is 3.31. The number of hydrogen-bond acceptors (Lipinski definition) is 5. The van der Waals surface area contributed by atoms with Crippen molar-refractivity contribution in [3.05, 3.63) is 34.8 Å². The Labute approximate surface area is 122 Å². The Morgan fingerprint density at radius 3 is 2.70 bits per heavy atom. The van der Waals surface area contributed by atoms with Crippen LogP contribution in [0.4, 0.5) is 14.5 Å². The fourth-order valence-electron chi connectivity index (χ4n) is 1.35. The molecule has 2 aromatic rings. The van der Waals surface area contributed by atoms with Crippen LogP contribution in [0.5, 0.6) is 0 Å². The van der Waals surface area contributed by atoms with E-state index >= 15 is 0 Å². The minimum atomic E-state index is -0.997. The van der Waals surface area contributed by atoms with Crippen LogP contribution < -0.4 is 5.32 Å². The van der Waals surface area contributed by atoms with Crippen molar-refractivity contribution in [3.8, 4) is 0 Å². The fraction of sp³-hybridized carbons (Fsp3) is 0.250. The molecule has 0 aliphatic carbocycles. The van der Waals surface area contributed by atoms with Crippen LogP contribution in [-0.2, 0) is 4.79 Å². The average molecular weight is 315 g/mol. The van der Waals surface area contributed by atoms with Gasteiger partial charge >= 0.3 is 0 Å². The number of rotatable bonds is 4. The number of amides is 1. The molecule has 1 heterocycles. The Hall–Kier alpha value is -1.54. The Bertz CT molecular complexity index is 633. The zero-order valence-electron chi connectivity index (χ0n) is 10.7. The van der Waals surface area contributed by atoms with Crippen LogP contribution in [0.3, 0.4) is 0 Å². The van der Waals surface area contributed by atoms with E-state index in [9.17, 15) is 13.6 Å². The highest BCUT2D eigenvalue weighted by molar-refractivity contribution is 8.02. The second-order valence-corrected chi connectivity index (χ2v) is 6.73. The van der Waals surface area contributed by atoms with Gasteiger partial charge in [-0.15, -0.1) is 10.2 Å². The van der Waals surface area contributed by atoms with E-state index in [-0.39, 0.29) is 11.6 Å². The molecule has 1 aromatic carbocycles. The van der Waals surface area contributed by atoms with E-state index in [0.29, 0.717) is 4.34 Å². The minimum absolute atomic E-state index is 0.217. The third-order valence-corrected chi connectivity index (χ3v) is 4.36. The normalized spacial score (nSPS) is 12.2. The van der Waals surface area contributed by atoms with Gasteiger partial charge < -0.3 is 5.32 Å². The molecule has 0 aliphatic rings. The monoisotopic (exact) mass is 315 g/mol. The summed E-state index contributed by atoms with van der Waals surface area (Å²) < 4.78 is 26.5.